The van der Waals surface area contributed by atoms with Gasteiger partial charge in [-0.05, 0) is 31.6 Å². The first kappa shape index (κ1) is 20.2. The van der Waals surface area contributed by atoms with Crippen molar-refractivity contribution in [3.63, 3.8) is 0 Å². The fourth-order valence-corrected chi connectivity index (χ4v) is 3.50. The molecule has 0 aromatic rings. The summed E-state index contributed by atoms with van der Waals surface area (Å²) in [7, 11) is 0. The van der Waals surface area contributed by atoms with Crippen molar-refractivity contribution in [2.24, 2.45) is 11.8 Å². The Labute approximate surface area is 154 Å². The number of imide groups is 1. The standard InChI is InChI=1S/C18H29N3O5/c1-11(2)9-19-15(23)13(4)26-14(22)10-21-16(24)18(20-17(21)25)8-6-5-7-12(18)3/h11-13H,5-10H2,1-4H3,(H,19,23)(H,20,25)/t12-,13-,18-/m0/s1. The first-order valence-corrected chi connectivity index (χ1v) is 9.28. The van der Waals surface area contributed by atoms with E-state index in [1.54, 1.807) is 0 Å². The van der Waals surface area contributed by atoms with Crippen molar-refractivity contribution < 1.29 is 23.9 Å². The zero-order valence-electron chi connectivity index (χ0n) is 16.0. The van der Waals surface area contributed by atoms with Crippen LogP contribution in [0.2, 0.25) is 0 Å². The Balaban J connectivity index is 1.93. The second-order valence-corrected chi connectivity index (χ2v) is 7.71. The molecule has 146 valence electrons. The third kappa shape index (κ3) is 4.16. The minimum absolute atomic E-state index is 0.0226. The summed E-state index contributed by atoms with van der Waals surface area (Å²) in [4.78, 5) is 49.9. The van der Waals surface area contributed by atoms with Gasteiger partial charge in [0.15, 0.2) is 6.10 Å². The molecule has 2 aliphatic rings. The summed E-state index contributed by atoms with van der Waals surface area (Å²) in [5.41, 5.74) is -0.907. The number of carbonyl (C=O) groups is 4. The molecular formula is C18H29N3O5. The molecular weight excluding hydrogens is 338 g/mol. The maximum Gasteiger partial charge on any atom is 0.327 e. The molecule has 8 heteroatoms. The van der Waals surface area contributed by atoms with Gasteiger partial charge in [0.25, 0.3) is 11.8 Å². The van der Waals surface area contributed by atoms with Gasteiger partial charge >= 0.3 is 12.0 Å². The van der Waals surface area contributed by atoms with Crippen LogP contribution in [0.1, 0.15) is 53.4 Å². The lowest BCUT2D eigenvalue weighted by Gasteiger charge is -2.36. The Morgan fingerprint density at radius 1 is 1.31 bits per heavy atom. The van der Waals surface area contributed by atoms with E-state index in [9.17, 15) is 19.2 Å². The molecule has 1 spiro atoms. The Kier molecular flexibility index (Phi) is 6.26. The highest BCUT2D eigenvalue weighted by molar-refractivity contribution is 6.09. The van der Waals surface area contributed by atoms with Gasteiger partial charge in [-0.1, -0.05) is 33.6 Å². The van der Waals surface area contributed by atoms with E-state index >= 15 is 0 Å². The largest absolute Gasteiger partial charge is 0.451 e. The minimum Gasteiger partial charge on any atom is -0.451 e. The van der Waals surface area contributed by atoms with Crippen LogP contribution in [0.25, 0.3) is 0 Å². The number of nitrogens with zero attached hydrogens (tertiary/aromatic N) is 1. The number of rotatable bonds is 6. The van der Waals surface area contributed by atoms with E-state index in [0.717, 1.165) is 24.2 Å². The summed E-state index contributed by atoms with van der Waals surface area (Å²) < 4.78 is 5.08. The van der Waals surface area contributed by atoms with Gasteiger partial charge in [0, 0.05) is 6.54 Å². The number of urea groups is 1. The van der Waals surface area contributed by atoms with Gasteiger partial charge in [0.2, 0.25) is 0 Å². The molecule has 0 aromatic heterocycles. The maximum absolute atomic E-state index is 12.8. The van der Waals surface area contributed by atoms with Crippen LogP contribution >= 0.6 is 0 Å². The predicted molar refractivity (Wildman–Crippen MR) is 94.0 cm³/mol. The molecule has 0 bridgehead atoms. The van der Waals surface area contributed by atoms with Crippen LogP contribution in [0.3, 0.4) is 0 Å². The zero-order valence-corrected chi connectivity index (χ0v) is 16.0. The number of amides is 4. The lowest BCUT2D eigenvalue weighted by atomic mass is 9.73. The fraction of sp³-hybridized carbons (Fsp3) is 0.778. The molecule has 2 N–H and O–H groups in total. The molecule has 0 aromatic carbocycles. The molecule has 0 unspecified atom stereocenters. The molecule has 8 nitrogen and oxygen atoms in total. The molecule has 1 saturated heterocycles. The van der Waals surface area contributed by atoms with E-state index in [0.29, 0.717) is 13.0 Å². The summed E-state index contributed by atoms with van der Waals surface area (Å²) in [5.74, 6) is -1.25. The van der Waals surface area contributed by atoms with Gasteiger partial charge in [-0.25, -0.2) is 4.79 Å². The van der Waals surface area contributed by atoms with Crippen LogP contribution in [-0.2, 0) is 19.1 Å². The van der Waals surface area contributed by atoms with Crippen molar-refractivity contribution in [3.8, 4) is 0 Å². The Morgan fingerprint density at radius 3 is 2.62 bits per heavy atom. The lowest BCUT2D eigenvalue weighted by Crippen LogP contribution is -2.54. The molecule has 3 atom stereocenters. The van der Waals surface area contributed by atoms with E-state index in [4.69, 9.17) is 4.74 Å². The van der Waals surface area contributed by atoms with Crippen LogP contribution in [-0.4, -0.2) is 53.4 Å². The third-order valence-corrected chi connectivity index (χ3v) is 5.15. The summed E-state index contributed by atoms with van der Waals surface area (Å²) in [6, 6.07) is -0.572. The van der Waals surface area contributed by atoms with E-state index in [-0.39, 0.29) is 17.7 Å². The van der Waals surface area contributed by atoms with Gasteiger partial charge in [0.1, 0.15) is 12.1 Å². The van der Waals surface area contributed by atoms with Crippen molar-refractivity contribution >= 4 is 23.8 Å². The molecule has 4 amide bonds. The first-order valence-electron chi connectivity index (χ1n) is 9.28. The van der Waals surface area contributed by atoms with E-state index in [1.807, 2.05) is 20.8 Å². The summed E-state index contributed by atoms with van der Waals surface area (Å²) in [6.07, 6.45) is 2.35. The van der Waals surface area contributed by atoms with E-state index in [2.05, 4.69) is 10.6 Å². The first-order chi connectivity index (χ1) is 12.2. The van der Waals surface area contributed by atoms with Crippen LogP contribution < -0.4 is 10.6 Å². The third-order valence-electron chi connectivity index (χ3n) is 5.15. The molecule has 2 fully saturated rings. The number of ether oxygens (including phenoxy) is 1. The van der Waals surface area contributed by atoms with Crippen molar-refractivity contribution in [2.45, 2.75) is 65.0 Å². The van der Waals surface area contributed by atoms with Crippen LogP contribution in [0.4, 0.5) is 4.79 Å². The van der Waals surface area contributed by atoms with Gasteiger partial charge in [-0.2, -0.15) is 0 Å². The van der Waals surface area contributed by atoms with E-state index in [1.165, 1.54) is 6.92 Å². The molecule has 2 rings (SSSR count). The number of esters is 1. The SMILES string of the molecule is CC(C)CNC(=O)[C@H](C)OC(=O)CN1C(=O)N[C@]2(CCCC[C@@H]2C)C1=O. The topological polar surface area (TPSA) is 105 Å². The normalized spacial score (nSPS) is 26.8. The monoisotopic (exact) mass is 367 g/mol. The molecule has 1 aliphatic heterocycles. The second kappa shape index (κ2) is 8.05. The number of hydrogen-bond acceptors (Lipinski definition) is 5. The highest BCUT2D eigenvalue weighted by atomic mass is 16.5. The van der Waals surface area contributed by atoms with Crippen molar-refractivity contribution in [1.29, 1.82) is 0 Å². The quantitative estimate of drug-likeness (QED) is 0.542. The molecule has 26 heavy (non-hydrogen) atoms. The molecule has 1 aliphatic carbocycles. The minimum atomic E-state index is -0.982. The van der Waals surface area contributed by atoms with Crippen molar-refractivity contribution in [2.75, 3.05) is 13.1 Å². The molecule has 0 radical (unpaired) electrons. The Morgan fingerprint density at radius 2 is 2.00 bits per heavy atom. The summed E-state index contributed by atoms with van der Waals surface area (Å²) in [5, 5.41) is 5.46. The zero-order chi connectivity index (χ0) is 19.5. The van der Waals surface area contributed by atoms with Gasteiger partial charge in [0.05, 0.1) is 0 Å². The van der Waals surface area contributed by atoms with Crippen molar-refractivity contribution in [3.05, 3.63) is 0 Å². The van der Waals surface area contributed by atoms with Crippen LogP contribution in [0, 0.1) is 11.8 Å². The van der Waals surface area contributed by atoms with Gasteiger partial charge in [-0.3, -0.25) is 19.3 Å². The maximum atomic E-state index is 12.8. The second-order valence-electron chi connectivity index (χ2n) is 7.71. The van der Waals surface area contributed by atoms with Crippen LogP contribution in [0.5, 0.6) is 0 Å². The average Bonchev–Trinajstić information content (AvgIpc) is 2.80. The predicted octanol–water partition coefficient (Wildman–Crippen LogP) is 1.19. The number of carbonyl (C=O) groups excluding carboxylic acids is 4. The fourth-order valence-electron chi connectivity index (χ4n) is 3.50. The number of hydrogen-bond donors (Lipinski definition) is 2. The highest BCUT2D eigenvalue weighted by Gasteiger charge is 2.55. The summed E-state index contributed by atoms with van der Waals surface area (Å²) >= 11 is 0. The Bertz CT molecular complexity index is 591. The smallest absolute Gasteiger partial charge is 0.327 e. The van der Waals surface area contributed by atoms with Crippen LogP contribution in [0.15, 0.2) is 0 Å². The molecule has 1 heterocycles. The van der Waals surface area contributed by atoms with Crippen molar-refractivity contribution in [1.82, 2.24) is 15.5 Å². The van der Waals surface area contributed by atoms with Gasteiger partial charge in [-0.15, -0.1) is 0 Å². The molecule has 1 saturated carbocycles. The lowest BCUT2D eigenvalue weighted by molar-refractivity contribution is -0.157. The van der Waals surface area contributed by atoms with E-state index < -0.39 is 36.1 Å². The highest BCUT2D eigenvalue weighted by Crippen LogP contribution is 2.38. The Hall–Kier alpha value is -2.12. The van der Waals surface area contributed by atoms with Gasteiger partial charge < -0.3 is 15.4 Å². The average molecular weight is 367 g/mol. The summed E-state index contributed by atoms with van der Waals surface area (Å²) in [6.45, 7) is 7.31. The number of nitrogens with one attached hydrogen (secondary N) is 2.